The topological polar surface area (TPSA) is 47.6 Å². The smallest absolute Gasteiger partial charge is 0.251 e. The van der Waals surface area contributed by atoms with Gasteiger partial charge in [-0.05, 0) is 55.8 Å². The van der Waals surface area contributed by atoms with Gasteiger partial charge in [-0.3, -0.25) is 4.79 Å². The Hall–Kier alpha value is -2.20. The van der Waals surface area contributed by atoms with Crippen molar-refractivity contribution < 1.29 is 14.3 Å². The summed E-state index contributed by atoms with van der Waals surface area (Å²) in [4.78, 5) is 12.3. The summed E-state index contributed by atoms with van der Waals surface area (Å²) in [6.45, 7) is 5.63. The number of carbonyl (C=O) groups is 1. The molecule has 0 fully saturated rings. The molecule has 0 spiro atoms. The van der Waals surface area contributed by atoms with Crippen molar-refractivity contribution in [3.63, 3.8) is 0 Å². The Morgan fingerprint density at radius 2 is 1.81 bits per heavy atom. The number of unbranched alkanes of at least 4 members (excludes halogenated alkanes) is 2. The first-order chi connectivity index (χ1) is 12.6. The van der Waals surface area contributed by atoms with E-state index in [1.807, 2.05) is 31.2 Å². The van der Waals surface area contributed by atoms with Crippen LogP contribution >= 0.6 is 11.6 Å². The van der Waals surface area contributed by atoms with Crippen molar-refractivity contribution in [1.29, 1.82) is 0 Å². The minimum absolute atomic E-state index is 0.0723. The Bertz CT molecular complexity index is 701. The molecule has 2 aromatic rings. The van der Waals surface area contributed by atoms with E-state index in [0.717, 1.165) is 30.6 Å². The van der Waals surface area contributed by atoms with Gasteiger partial charge in [-0.15, -0.1) is 0 Å². The monoisotopic (exact) mass is 375 g/mol. The van der Waals surface area contributed by atoms with Gasteiger partial charge in [0.15, 0.2) is 0 Å². The second-order valence-electron chi connectivity index (χ2n) is 5.96. The standard InChI is InChI=1S/C21H26ClNO3/c1-3-5-6-13-23-21(24)16-7-12-20(25-4-2)17(14-16)15-26-19-10-8-18(22)9-11-19/h7-12,14H,3-6,13,15H2,1-2H3,(H,23,24). The molecule has 4 nitrogen and oxygen atoms in total. The van der Waals surface area contributed by atoms with Gasteiger partial charge < -0.3 is 14.8 Å². The first-order valence-corrected chi connectivity index (χ1v) is 9.44. The van der Waals surface area contributed by atoms with Crippen LogP contribution in [0, 0.1) is 0 Å². The van der Waals surface area contributed by atoms with Crippen molar-refractivity contribution in [1.82, 2.24) is 5.32 Å². The van der Waals surface area contributed by atoms with Gasteiger partial charge in [0, 0.05) is 22.7 Å². The van der Waals surface area contributed by atoms with Gasteiger partial charge in [-0.2, -0.15) is 0 Å². The highest BCUT2D eigenvalue weighted by atomic mass is 35.5. The Labute approximate surface area is 160 Å². The Balaban J connectivity index is 2.06. The average Bonchev–Trinajstić information content (AvgIpc) is 2.65. The lowest BCUT2D eigenvalue weighted by molar-refractivity contribution is 0.0952. The fourth-order valence-corrected chi connectivity index (χ4v) is 2.63. The molecular weight excluding hydrogens is 350 g/mol. The molecule has 2 aromatic carbocycles. The minimum Gasteiger partial charge on any atom is -0.493 e. The molecule has 0 saturated heterocycles. The van der Waals surface area contributed by atoms with E-state index in [9.17, 15) is 4.79 Å². The van der Waals surface area contributed by atoms with E-state index in [-0.39, 0.29) is 5.91 Å². The van der Waals surface area contributed by atoms with Gasteiger partial charge in [0.2, 0.25) is 0 Å². The number of hydrogen-bond acceptors (Lipinski definition) is 3. The van der Waals surface area contributed by atoms with Crippen LogP contribution in [-0.2, 0) is 6.61 Å². The van der Waals surface area contributed by atoms with E-state index in [2.05, 4.69) is 12.2 Å². The first-order valence-electron chi connectivity index (χ1n) is 9.06. The summed E-state index contributed by atoms with van der Waals surface area (Å²) in [5.74, 6) is 1.37. The van der Waals surface area contributed by atoms with E-state index >= 15 is 0 Å². The molecule has 0 radical (unpaired) electrons. The maximum Gasteiger partial charge on any atom is 0.251 e. The van der Waals surface area contributed by atoms with Crippen LogP contribution < -0.4 is 14.8 Å². The summed E-state index contributed by atoms with van der Waals surface area (Å²) in [5.41, 5.74) is 1.45. The zero-order chi connectivity index (χ0) is 18.8. The maximum absolute atomic E-state index is 12.3. The van der Waals surface area contributed by atoms with Gasteiger partial charge in [0.05, 0.1) is 6.61 Å². The molecular formula is C21H26ClNO3. The third-order valence-electron chi connectivity index (χ3n) is 3.90. The molecule has 26 heavy (non-hydrogen) atoms. The number of benzene rings is 2. The molecule has 0 aromatic heterocycles. The van der Waals surface area contributed by atoms with E-state index in [1.165, 1.54) is 0 Å². The quantitative estimate of drug-likeness (QED) is 0.578. The van der Waals surface area contributed by atoms with Gasteiger partial charge in [-0.25, -0.2) is 0 Å². The number of ether oxygens (including phenoxy) is 2. The van der Waals surface area contributed by atoms with Gasteiger partial charge >= 0.3 is 0 Å². The molecule has 0 unspecified atom stereocenters. The van der Waals surface area contributed by atoms with Crippen LogP contribution in [0.5, 0.6) is 11.5 Å². The second kappa shape index (κ2) is 10.7. The predicted molar refractivity (Wildman–Crippen MR) is 105 cm³/mol. The molecule has 0 bridgehead atoms. The summed E-state index contributed by atoms with van der Waals surface area (Å²) in [6, 6.07) is 12.6. The predicted octanol–water partition coefficient (Wildman–Crippen LogP) is 5.24. The lowest BCUT2D eigenvalue weighted by Crippen LogP contribution is -2.24. The molecule has 0 heterocycles. The van der Waals surface area contributed by atoms with Crippen LogP contribution in [0.25, 0.3) is 0 Å². The van der Waals surface area contributed by atoms with Crippen molar-refractivity contribution in [2.45, 2.75) is 39.7 Å². The Morgan fingerprint density at radius 3 is 2.50 bits per heavy atom. The SMILES string of the molecule is CCCCCNC(=O)c1ccc(OCC)c(COc2ccc(Cl)cc2)c1. The van der Waals surface area contributed by atoms with Crippen molar-refractivity contribution in [3.8, 4) is 11.5 Å². The van der Waals surface area contributed by atoms with Crippen LogP contribution in [0.3, 0.4) is 0 Å². The van der Waals surface area contributed by atoms with Gasteiger partial charge in [0.25, 0.3) is 5.91 Å². The van der Waals surface area contributed by atoms with E-state index in [4.69, 9.17) is 21.1 Å². The van der Waals surface area contributed by atoms with Crippen molar-refractivity contribution in [3.05, 3.63) is 58.6 Å². The zero-order valence-electron chi connectivity index (χ0n) is 15.4. The Morgan fingerprint density at radius 1 is 1.04 bits per heavy atom. The number of carbonyl (C=O) groups excluding carboxylic acids is 1. The number of nitrogens with one attached hydrogen (secondary N) is 1. The van der Waals surface area contributed by atoms with Crippen LogP contribution in [0.4, 0.5) is 0 Å². The largest absolute Gasteiger partial charge is 0.493 e. The van der Waals surface area contributed by atoms with Crippen LogP contribution in [0.1, 0.15) is 49.0 Å². The number of halogens is 1. The number of rotatable bonds is 10. The van der Waals surface area contributed by atoms with Gasteiger partial charge in [0.1, 0.15) is 18.1 Å². The minimum atomic E-state index is -0.0723. The second-order valence-corrected chi connectivity index (χ2v) is 6.40. The summed E-state index contributed by atoms with van der Waals surface area (Å²) in [6.07, 6.45) is 3.24. The average molecular weight is 376 g/mol. The third-order valence-corrected chi connectivity index (χ3v) is 4.15. The van der Waals surface area contributed by atoms with Gasteiger partial charge in [-0.1, -0.05) is 31.4 Å². The highest BCUT2D eigenvalue weighted by Gasteiger charge is 2.11. The Kier molecular flexibility index (Phi) is 8.29. The molecule has 0 atom stereocenters. The van der Waals surface area contributed by atoms with Crippen molar-refractivity contribution in [2.75, 3.05) is 13.2 Å². The molecule has 0 aliphatic rings. The highest BCUT2D eigenvalue weighted by Crippen LogP contribution is 2.23. The molecule has 1 N–H and O–H groups in total. The fraction of sp³-hybridized carbons (Fsp3) is 0.381. The molecule has 1 amide bonds. The summed E-state index contributed by atoms with van der Waals surface area (Å²) < 4.78 is 11.5. The molecule has 0 aliphatic carbocycles. The fourth-order valence-electron chi connectivity index (χ4n) is 2.50. The molecule has 0 aliphatic heterocycles. The zero-order valence-corrected chi connectivity index (χ0v) is 16.1. The third kappa shape index (κ3) is 6.26. The summed E-state index contributed by atoms with van der Waals surface area (Å²) in [7, 11) is 0. The highest BCUT2D eigenvalue weighted by molar-refractivity contribution is 6.30. The first kappa shape index (κ1) is 20.1. The lowest BCUT2D eigenvalue weighted by atomic mass is 10.1. The number of amides is 1. The van der Waals surface area contributed by atoms with Crippen LogP contribution in [-0.4, -0.2) is 19.1 Å². The molecule has 140 valence electrons. The van der Waals surface area contributed by atoms with Crippen molar-refractivity contribution in [2.24, 2.45) is 0 Å². The van der Waals surface area contributed by atoms with Crippen LogP contribution in [0.2, 0.25) is 5.02 Å². The lowest BCUT2D eigenvalue weighted by Gasteiger charge is -2.13. The molecule has 2 rings (SSSR count). The molecule has 0 saturated carbocycles. The molecule has 5 heteroatoms. The van der Waals surface area contributed by atoms with E-state index < -0.39 is 0 Å². The normalized spacial score (nSPS) is 10.4. The van der Waals surface area contributed by atoms with Crippen molar-refractivity contribution >= 4 is 17.5 Å². The maximum atomic E-state index is 12.3. The number of hydrogen-bond donors (Lipinski definition) is 1. The van der Waals surface area contributed by atoms with E-state index in [0.29, 0.717) is 36.1 Å². The van der Waals surface area contributed by atoms with Crippen LogP contribution in [0.15, 0.2) is 42.5 Å². The summed E-state index contributed by atoms with van der Waals surface area (Å²) in [5, 5.41) is 3.62. The van der Waals surface area contributed by atoms with E-state index in [1.54, 1.807) is 18.2 Å². The summed E-state index contributed by atoms with van der Waals surface area (Å²) >= 11 is 5.89.